The molecule has 0 aliphatic carbocycles. The normalized spacial score (nSPS) is 10.1. The van der Waals surface area contributed by atoms with Gasteiger partial charge in [-0.15, -0.1) is 5.10 Å². The maximum absolute atomic E-state index is 10.8. The van der Waals surface area contributed by atoms with Crippen LogP contribution >= 0.6 is 11.8 Å². The lowest BCUT2D eigenvalue weighted by atomic mass is 10.2. The summed E-state index contributed by atoms with van der Waals surface area (Å²) < 4.78 is 0. The predicted molar refractivity (Wildman–Crippen MR) is 50.7 cm³/mol. The number of ketones is 1. The summed E-state index contributed by atoms with van der Waals surface area (Å²) in [5.74, 6) is 0.0797. The number of aryl methyl sites for hydroxylation is 1. The molecule has 0 radical (unpaired) electrons. The lowest BCUT2D eigenvalue weighted by Gasteiger charge is -2.01. The van der Waals surface area contributed by atoms with Gasteiger partial charge in [0.1, 0.15) is 5.78 Å². The topological polar surface area (TPSA) is 55.7 Å². The molecule has 70 valence electrons. The van der Waals surface area contributed by atoms with Crippen molar-refractivity contribution in [1.29, 1.82) is 0 Å². The minimum atomic E-state index is 0.0797. The van der Waals surface area contributed by atoms with Crippen molar-refractivity contribution in [2.24, 2.45) is 0 Å². The Morgan fingerprint density at radius 1 is 1.46 bits per heavy atom. The van der Waals surface area contributed by atoms with Gasteiger partial charge in [0.25, 0.3) is 0 Å². The van der Waals surface area contributed by atoms with Gasteiger partial charge in [0.2, 0.25) is 5.16 Å². The van der Waals surface area contributed by atoms with Gasteiger partial charge in [-0.1, -0.05) is 11.8 Å². The summed E-state index contributed by atoms with van der Waals surface area (Å²) in [7, 11) is 0. The van der Waals surface area contributed by atoms with Crippen LogP contribution in [0.2, 0.25) is 0 Å². The first-order valence-corrected chi connectivity index (χ1v) is 5.09. The number of Topliss-reactive ketones (excluding diaryl/α,β-unsaturated/α-hetero) is 1. The Morgan fingerprint density at radius 3 is 2.62 bits per heavy atom. The lowest BCUT2D eigenvalue weighted by Crippen LogP contribution is -2.06. The molecule has 1 aromatic heterocycles. The average Bonchev–Trinajstić information content (AvgIpc) is 2.08. The fourth-order valence-corrected chi connectivity index (χ4v) is 1.24. The van der Waals surface area contributed by atoms with Crippen molar-refractivity contribution in [3.8, 4) is 0 Å². The summed E-state index contributed by atoms with van der Waals surface area (Å²) in [6.45, 7) is 3.37. The van der Waals surface area contributed by atoms with Crippen molar-refractivity contribution in [3.63, 3.8) is 0 Å². The second-order valence-electron chi connectivity index (χ2n) is 2.71. The highest BCUT2D eigenvalue weighted by Gasteiger charge is 2.06. The van der Waals surface area contributed by atoms with E-state index >= 15 is 0 Å². The van der Waals surface area contributed by atoms with Crippen molar-refractivity contribution >= 4 is 17.5 Å². The molecule has 5 heteroatoms. The number of carbonyl (C=O) groups is 1. The molecule has 4 nitrogen and oxygen atoms in total. The first-order valence-electron chi connectivity index (χ1n) is 3.87. The number of hydrogen-bond donors (Lipinski definition) is 0. The molecule has 0 fully saturated rings. The van der Waals surface area contributed by atoms with Gasteiger partial charge in [-0.25, -0.2) is 4.98 Å². The van der Waals surface area contributed by atoms with Crippen LogP contribution in [0.25, 0.3) is 0 Å². The van der Waals surface area contributed by atoms with Crippen molar-refractivity contribution in [2.75, 3.05) is 6.26 Å². The molecule has 1 heterocycles. The first-order chi connectivity index (χ1) is 6.13. The Hall–Kier alpha value is -0.970. The molecule has 0 N–H and O–H groups in total. The second kappa shape index (κ2) is 4.32. The summed E-state index contributed by atoms with van der Waals surface area (Å²) in [6.07, 6.45) is 2.21. The van der Waals surface area contributed by atoms with E-state index in [-0.39, 0.29) is 5.78 Å². The molecule has 1 aromatic rings. The van der Waals surface area contributed by atoms with Crippen molar-refractivity contribution in [3.05, 3.63) is 11.4 Å². The minimum Gasteiger partial charge on any atom is -0.300 e. The van der Waals surface area contributed by atoms with Crippen LogP contribution in [0.15, 0.2) is 5.16 Å². The third-order valence-electron chi connectivity index (χ3n) is 1.54. The maximum Gasteiger partial charge on any atom is 0.209 e. The summed E-state index contributed by atoms with van der Waals surface area (Å²) in [5, 5.41) is 8.44. The molecule has 0 aliphatic rings. The molecule has 0 unspecified atom stereocenters. The number of carbonyl (C=O) groups excluding carboxylic acids is 1. The molecule has 0 spiro atoms. The Balaban J connectivity index is 2.91. The SMILES string of the molecule is CSc1nnc(CC(C)=O)c(C)n1. The van der Waals surface area contributed by atoms with Gasteiger partial charge in [-0.3, -0.25) is 4.79 Å². The molecule has 0 saturated carbocycles. The van der Waals surface area contributed by atoms with Crippen molar-refractivity contribution in [1.82, 2.24) is 15.2 Å². The molecule has 0 aliphatic heterocycles. The first kappa shape index (κ1) is 10.1. The third-order valence-corrected chi connectivity index (χ3v) is 2.07. The Bertz CT molecular complexity index is 327. The quantitative estimate of drug-likeness (QED) is 0.677. The van der Waals surface area contributed by atoms with Gasteiger partial charge in [0.15, 0.2) is 0 Å². The van der Waals surface area contributed by atoms with E-state index in [1.165, 1.54) is 18.7 Å². The van der Waals surface area contributed by atoms with Gasteiger partial charge < -0.3 is 0 Å². The van der Waals surface area contributed by atoms with Crippen LogP contribution in [-0.4, -0.2) is 27.2 Å². The molecule has 1 rings (SSSR count). The van der Waals surface area contributed by atoms with Crippen LogP contribution in [-0.2, 0) is 11.2 Å². The number of hydrogen-bond acceptors (Lipinski definition) is 5. The zero-order valence-corrected chi connectivity index (χ0v) is 8.68. The van der Waals surface area contributed by atoms with Crippen LogP contribution < -0.4 is 0 Å². The third kappa shape index (κ3) is 2.77. The second-order valence-corrected chi connectivity index (χ2v) is 3.48. The molecule has 0 amide bonds. The number of thioether (sulfide) groups is 1. The highest BCUT2D eigenvalue weighted by atomic mass is 32.2. The van der Waals surface area contributed by atoms with E-state index in [2.05, 4.69) is 15.2 Å². The summed E-state index contributed by atoms with van der Waals surface area (Å²) in [6, 6.07) is 0. The maximum atomic E-state index is 10.8. The van der Waals surface area contributed by atoms with E-state index in [4.69, 9.17) is 0 Å². The largest absolute Gasteiger partial charge is 0.300 e. The van der Waals surface area contributed by atoms with Gasteiger partial charge in [-0.2, -0.15) is 5.10 Å². The molecule has 0 saturated heterocycles. The Labute approximate surface area is 81.2 Å². The van der Waals surface area contributed by atoms with Crippen LogP contribution in [0.3, 0.4) is 0 Å². The highest BCUT2D eigenvalue weighted by molar-refractivity contribution is 7.98. The van der Waals surface area contributed by atoms with Gasteiger partial charge in [0.05, 0.1) is 17.8 Å². The molecule has 0 aromatic carbocycles. The zero-order valence-electron chi connectivity index (χ0n) is 7.87. The molecule has 0 atom stereocenters. The van der Waals surface area contributed by atoms with E-state index in [0.717, 1.165) is 5.69 Å². The Morgan fingerprint density at radius 2 is 2.15 bits per heavy atom. The summed E-state index contributed by atoms with van der Waals surface area (Å²) in [5.41, 5.74) is 1.46. The molecule has 0 bridgehead atoms. The average molecular weight is 197 g/mol. The summed E-state index contributed by atoms with van der Waals surface area (Å²) in [4.78, 5) is 15.0. The van der Waals surface area contributed by atoms with E-state index in [1.807, 2.05) is 13.2 Å². The minimum absolute atomic E-state index is 0.0797. The van der Waals surface area contributed by atoms with E-state index < -0.39 is 0 Å². The monoisotopic (exact) mass is 197 g/mol. The van der Waals surface area contributed by atoms with Crippen LogP contribution in [0.4, 0.5) is 0 Å². The standard InChI is InChI=1S/C8H11N3OS/c1-5(12)4-7-6(2)9-8(13-3)11-10-7/h4H2,1-3H3. The van der Waals surface area contributed by atoms with E-state index in [9.17, 15) is 4.79 Å². The summed E-state index contributed by atoms with van der Waals surface area (Å²) >= 11 is 1.44. The molecule has 13 heavy (non-hydrogen) atoms. The molecular formula is C8H11N3OS. The fourth-order valence-electron chi connectivity index (χ4n) is 0.891. The predicted octanol–water partition coefficient (Wildman–Crippen LogP) is 1.03. The fraction of sp³-hybridized carbons (Fsp3) is 0.500. The van der Waals surface area contributed by atoms with Gasteiger partial charge in [-0.05, 0) is 20.1 Å². The van der Waals surface area contributed by atoms with E-state index in [0.29, 0.717) is 17.3 Å². The van der Waals surface area contributed by atoms with Crippen LogP contribution in [0, 0.1) is 6.92 Å². The van der Waals surface area contributed by atoms with Crippen molar-refractivity contribution in [2.45, 2.75) is 25.4 Å². The zero-order chi connectivity index (χ0) is 9.84. The van der Waals surface area contributed by atoms with Crippen LogP contribution in [0.1, 0.15) is 18.3 Å². The van der Waals surface area contributed by atoms with Gasteiger partial charge in [0, 0.05) is 0 Å². The number of rotatable bonds is 3. The van der Waals surface area contributed by atoms with E-state index in [1.54, 1.807) is 0 Å². The smallest absolute Gasteiger partial charge is 0.209 e. The van der Waals surface area contributed by atoms with Crippen molar-refractivity contribution < 1.29 is 4.79 Å². The lowest BCUT2D eigenvalue weighted by molar-refractivity contribution is -0.116. The Kier molecular flexibility index (Phi) is 3.36. The van der Waals surface area contributed by atoms with Gasteiger partial charge >= 0.3 is 0 Å². The number of aromatic nitrogens is 3. The number of nitrogens with zero attached hydrogens (tertiary/aromatic N) is 3. The van der Waals surface area contributed by atoms with Crippen LogP contribution in [0.5, 0.6) is 0 Å². The molecular weight excluding hydrogens is 186 g/mol. The highest BCUT2D eigenvalue weighted by Crippen LogP contribution is 2.09.